The molecule has 1 aromatic rings. The number of rotatable bonds is 3. The average Bonchev–Trinajstić information content (AvgIpc) is 2.01. The van der Waals surface area contributed by atoms with E-state index in [1.807, 2.05) is 6.92 Å². The van der Waals surface area contributed by atoms with Crippen molar-refractivity contribution in [3.8, 4) is 0 Å². The molecule has 0 saturated heterocycles. The lowest BCUT2D eigenvalue weighted by Crippen LogP contribution is -2.15. The zero-order chi connectivity index (χ0) is 8.97. The first kappa shape index (κ1) is 9.13. The van der Waals surface area contributed by atoms with E-state index in [0.717, 1.165) is 18.5 Å². The lowest BCUT2D eigenvalue weighted by Gasteiger charge is -2.03. The third-order valence-corrected chi connectivity index (χ3v) is 1.63. The van der Waals surface area contributed by atoms with Gasteiger partial charge in [0.15, 0.2) is 0 Å². The van der Waals surface area contributed by atoms with Gasteiger partial charge < -0.3 is 5.73 Å². The average molecular weight is 168 g/mol. The Morgan fingerprint density at radius 3 is 3.00 bits per heavy atom. The molecule has 2 nitrogen and oxygen atoms in total. The van der Waals surface area contributed by atoms with Crippen molar-refractivity contribution in [3.63, 3.8) is 0 Å². The molecule has 66 valence electrons. The van der Waals surface area contributed by atoms with E-state index < -0.39 is 0 Å². The minimum atomic E-state index is -0.232. The van der Waals surface area contributed by atoms with Crippen LogP contribution < -0.4 is 5.73 Å². The molecule has 0 aliphatic rings. The Bertz CT molecular complexity index is 248. The minimum Gasteiger partial charge on any atom is -0.328 e. The molecule has 3 heteroatoms. The largest absolute Gasteiger partial charge is 0.328 e. The molecule has 0 aliphatic carbocycles. The van der Waals surface area contributed by atoms with Gasteiger partial charge in [-0.1, -0.05) is 0 Å². The van der Waals surface area contributed by atoms with Gasteiger partial charge in [-0.15, -0.1) is 0 Å². The number of halogens is 1. The number of hydrogen-bond acceptors (Lipinski definition) is 2. The first-order chi connectivity index (χ1) is 5.68. The van der Waals surface area contributed by atoms with Gasteiger partial charge >= 0.3 is 0 Å². The molecule has 0 radical (unpaired) electrons. The number of aryl methyl sites for hydroxylation is 1. The standard InChI is InChI=1S/C9H13FN2/c1-7(11)2-3-9-6-8(10)4-5-12-9/h4-7H,2-3,11H2,1H3/t7-/m1/s1. The van der Waals surface area contributed by atoms with Crippen molar-refractivity contribution in [2.45, 2.75) is 25.8 Å². The summed E-state index contributed by atoms with van der Waals surface area (Å²) in [5.74, 6) is -0.232. The van der Waals surface area contributed by atoms with E-state index in [2.05, 4.69) is 4.98 Å². The molecule has 2 N–H and O–H groups in total. The molecule has 12 heavy (non-hydrogen) atoms. The van der Waals surface area contributed by atoms with E-state index in [9.17, 15) is 4.39 Å². The molecule has 0 amide bonds. The molecule has 1 heterocycles. The highest BCUT2D eigenvalue weighted by Crippen LogP contribution is 2.03. The molecule has 0 fully saturated rings. The van der Waals surface area contributed by atoms with Gasteiger partial charge in [0.05, 0.1) is 0 Å². The van der Waals surface area contributed by atoms with E-state index in [-0.39, 0.29) is 11.9 Å². The SMILES string of the molecule is C[C@@H](N)CCc1cc(F)ccn1. The highest BCUT2D eigenvalue weighted by Gasteiger charge is 1.98. The summed E-state index contributed by atoms with van der Waals surface area (Å²) in [6.07, 6.45) is 3.07. The molecule has 0 unspecified atom stereocenters. The summed E-state index contributed by atoms with van der Waals surface area (Å²) in [5.41, 5.74) is 6.33. The summed E-state index contributed by atoms with van der Waals surface area (Å²) in [7, 11) is 0. The first-order valence-electron chi connectivity index (χ1n) is 4.04. The van der Waals surface area contributed by atoms with Crippen molar-refractivity contribution in [1.29, 1.82) is 0 Å². The zero-order valence-electron chi connectivity index (χ0n) is 7.13. The van der Waals surface area contributed by atoms with E-state index in [1.54, 1.807) is 0 Å². The highest BCUT2D eigenvalue weighted by molar-refractivity contribution is 5.06. The van der Waals surface area contributed by atoms with Crippen molar-refractivity contribution in [2.75, 3.05) is 0 Å². The summed E-state index contributed by atoms with van der Waals surface area (Å²) < 4.78 is 12.6. The number of nitrogens with two attached hydrogens (primary N) is 1. The maximum absolute atomic E-state index is 12.6. The second-order valence-electron chi connectivity index (χ2n) is 2.98. The van der Waals surface area contributed by atoms with Crippen LogP contribution >= 0.6 is 0 Å². The molecule has 0 saturated carbocycles. The van der Waals surface area contributed by atoms with Crippen molar-refractivity contribution in [2.24, 2.45) is 5.73 Å². The van der Waals surface area contributed by atoms with Crippen LogP contribution in [0.5, 0.6) is 0 Å². The molecular weight excluding hydrogens is 155 g/mol. The van der Waals surface area contributed by atoms with Crippen molar-refractivity contribution >= 4 is 0 Å². The molecule has 0 aromatic carbocycles. The van der Waals surface area contributed by atoms with Crippen LogP contribution in [-0.2, 0) is 6.42 Å². The van der Waals surface area contributed by atoms with Gasteiger partial charge in [0.1, 0.15) is 5.82 Å². The molecular formula is C9H13FN2. The van der Waals surface area contributed by atoms with Gasteiger partial charge in [-0.05, 0) is 31.9 Å². The first-order valence-corrected chi connectivity index (χ1v) is 4.04. The molecule has 1 aromatic heterocycles. The summed E-state index contributed by atoms with van der Waals surface area (Å²) in [6.45, 7) is 1.93. The van der Waals surface area contributed by atoms with Crippen LogP contribution in [-0.4, -0.2) is 11.0 Å². The van der Waals surface area contributed by atoms with Gasteiger partial charge in [0, 0.05) is 17.9 Å². The fourth-order valence-corrected chi connectivity index (χ4v) is 0.961. The predicted molar refractivity (Wildman–Crippen MR) is 46.2 cm³/mol. The maximum Gasteiger partial charge on any atom is 0.126 e. The number of hydrogen-bond donors (Lipinski definition) is 1. The maximum atomic E-state index is 12.6. The van der Waals surface area contributed by atoms with Crippen LogP contribution in [0.2, 0.25) is 0 Å². The Morgan fingerprint density at radius 1 is 1.67 bits per heavy atom. The quantitative estimate of drug-likeness (QED) is 0.742. The number of aromatic nitrogens is 1. The summed E-state index contributed by atoms with van der Waals surface area (Å²) in [6, 6.07) is 2.94. The second-order valence-corrected chi connectivity index (χ2v) is 2.98. The summed E-state index contributed by atoms with van der Waals surface area (Å²) >= 11 is 0. The highest BCUT2D eigenvalue weighted by atomic mass is 19.1. The van der Waals surface area contributed by atoms with Crippen molar-refractivity contribution < 1.29 is 4.39 Å². The predicted octanol–water partition coefficient (Wildman–Crippen LogP) is 1.50. The molecule has 0 spiro atoms. The monoisotopic (exact) mass is 168 g/mol. The lowest BCUT2D eigenvalue weighted by atomic mass is 10.1. The van der Waals surface area contributed by atoms with Crippen molar-refractivity contribution in [3.05, 3.63) is 29.8 Å². The van der Waals surface area contributed by atoms with Gasteiger partial charge in [0.2, 0.25) is 0 Å². The van der Waals surface area contributed by atoms with Crippen LogP contribution in [0.4, 0.5) is 4.39 Å². The second kappa shape index (κ2) is 4.16. The fraction of sp³-hybridized carbons (Fsp3) is 0.444. The summed E-state index contributed by atoms with van der Waals surface area (Å²) in [5, 5.41) is 0. The molecule has 0 aliphatic heterocycles. The Kier molecular flexibility index (Phi) is 3.17. The van der Waals surface area contributed by atoms with E-state index >= 15 is 0 Å². The van der Waals surface area contributed by atoms with Crippen LogP contribution in [0, 0.1) is 5.82 Å². The van der Waals surface area contributed by atoms with Gasteiger partial charge in [-0.25, -0.2) is 4.39 Å². The Labute approximate surface area is 71.6 Å². The topological polar surface area (TPSA) is 38.9 Å². The number of nitrogens with zero attached hydrogens (tertiary/aromatic N) is 1. The molecule has 1 atom stereocenters. The van der Waals surface area contributed by atoms with Crippen molar-refractivity contribution in [1.82, 2.24) is 4.98 Å². The lowest BCUT2D eigenvalue weighted by molar-refractivity contribution is 0.613. The Balaban J connectivity index is 2.52. The van der Waals surface area contributed by atoms with Crippen LogP contribution in [0.15, 0.2) is 18.3 Å². The summed E-state index contributed by atoms with van der Waals surface area (Å²) in [4.78, 5) is 4.02. The van der Waals surface area contributed by atoms with Gasteiger partial charge in [-0.3, -0.25) is 4.98 Å². The molecule has 0 bridgehead atoms. The van der Waals surface area contributed by atoms with Crippen LogP contribution in [0.3, 0.4) is 0 Å². The third-order valence-electron chi connectivity index (χ3n) is 1.63. The third kappa shape index (κ3) is 2.96. The number of pyridine rings is 1. The van der Waals surface area contributed by atoms with Crippen LogP contribution in [0.1, 0.15) is 19.0 Å². The van der Waals surface area contributed by atoms with Gasteiger partial charge in [0.25, 0.3) is 0 Å². The van der Waals surface area contributed by atoms with Gasteiger partial charge in [-0.2, -0.15) is 0 Å². The van der Waals surface area contributed by atoms with Crippen LogP contribution in [0.25, 0.3) is 0 Å². The smallest absolute Gasteiger partial charge is 0.126 e. The van der Waals surface area contributed by atoms with E-state index in [4.69, 9.17) is 5.73 Å². The Hall–Kier alpha value is -0.960. The zero-order valence-corrected chi connectivity index (χ0v) is 7.13. The van der Waals surface area contributed by atoms with E-state index in [0.29, 0.717) is 0 Å². The van der Waals surface area contributed by atoms with E-state index in [1.165, 1.54) is 18.3 Å². The normalized spacial score (nSPS) is 12.9. The molecule has 1 rings (SSSR count). The minimum absolute atomic E-state index is 0.148. The Morgan fingerprint density at radius 2 is 2.42 bits per heavy atom. The fourth-order valence-electron chi connectivity index (χ4n) is 0.961.